The smallest absolute Gasteiger partial charge is 0.371 e. The zero-order chi connectivity index (χ0) is 19.0. The van der Waals surface area contributed by atoms with Crippen LogP contribution in [0.15, 0.2) is 35.3 Å². The van der Waals surface area contributed by atoms with Gasteiger partial charge in [-0.2, -0.15) is 0 Å². The molecule has 0 aliphatic carbocycles. The summed E-state index contributed by atoms with van der Waals surface area (Å²) in [7, 11) is 0. The molecule has 138 valence electrons. The number of amides is 2. The van der Waals surface area contributed by atoms with Crippen molar-refractivity contribution in [2.45, 2.75) is 18.8 Å². The summed E-state index contributed by atoms with van der Waals surface area (Å²) < 4.78 is 5.27. The Morgan fingerprint density at radius 1 is 1.11 bits per heavy atom. The molecule has 27 heavy (non-hydrogen) atoms. The highest BCUT2D eigenvalue weighted by atomic mass is 16.7. The summed E-state index contributed by atoms with van der Waals surface area (Å²) in [4.78, 5) is 60.6. The first-order chi connectivity index (χ1) is 13.1. The first-order valence-corrected chi connectivity index (χ1v) is 8.43. The molecule has 0 spiro atoms. The summed E-state index contributed by atoms with van der Waals surface area (Å²) in [6.07, 6.45) is 2.55. The van der Waals surface area contributed by atoms with Crippen LogP contribution in [0, 0.1) is 0 Å². The lowest BCUT2D eigenvalue weighted by atomic mass is 9.99. The average molecular weight is 369 g/mol. The van der Waals surface area contributed by atoms with Gasteiger partial charge in [0.05, 0.1) is 11.1 Å². The van der Waals surface area contributed by atoms with Gasteiger partial charge in [-0.15, -0.1) is 0 Å². The van der Waals surface area contributed by atoms with Crippen LogP contribution in [-0.4, -0.2) is 46.0 Å². The Hall–Kier alpha value is -3.33. The van der Waals surface area contributed by atoms with Crippen LogP contribution >= 0.6 is 0 Å². The Morgan fingerprint density at radius 3 is 2.33 bits per heavy atom. The van der Waals surface area contributed by atoms with Gasteiger partial charge in [0.25, 0.3) is 17.4 Å². The van der Waals surface area contributed by atoms with Crippen LogP contribution in [-0.2, 0) is 9.57 Å². The normalized spacial score (nSPS) is 17.1. The number of imide groups is 1. The van der Waals surface area contributed by atoms with E-state index in [0.717, 1.165) is 19.0 Å². The third kappa shape index (κ3) is 3.02. The number of rotatable bonds is 3. The summed E-state index contributed by atoms with van der Waals surface area (Å²) >= 11 is 0. The number of ether oxygens (including phenoxy) is 1. The topological polar surface area (TPSA) is 119 Å². The maximum Gasteiger partial charge on any atom is 0.371 e. The number of fused-ring (bicyclic) bond motifs is 1. The van der Waals surface area contributed by atoms with E-state index in [2.05, 4.69) is 9.97 Å². The van der Waals surface area contributed by atoms with Gasteiger partial charge in [-0.25, -0.2) is 9.78 Å². The first-order valence-electron chi connectivity index (χ1n) is 8.43. The quantitative estimate of drug-likeness (QED) is 0.803. The van der Waals surface area contributed by atoms with Crippen molar-refractivity contribution in [2.24, 2.45) is 0 Å². The number of hydrogen-bond donors (Lipinski definition) is 1. The predicted octanol–water partition coefficient (Wildman–Crippen LogP) is 1.03. The lowest BCUT2D eigenvalue weighted by molar-refractivity contribution is -0.0586. The van der Waals surface area contributed by atoms with Crippen molar-refractivity contribution in [1.29, 1.82) is 0 Å². The molecule has 2 aliphatic heterocycles. The molecule has 9 heteroatoms. The van der Waals surface area contributed by atoms with Crippen LogP contribution in [0.5, 0.6) is 0 Å². The molecule has 0 unspecified atom stereocenters. The molecule has 1 aromatic carbocycles. The number of carbonyl (C=O) groups excluding carboxylic acids is 3. The van der Waals surface area contributed by atoms with E-state index in [4.69, 9.17) is 9.57 Å². The lowest BCUT2D eigenvalue weighted by Crippen LogP contribution is -2.35. The van der Waals surface area contributed by atoms with Crippen LogP contribution in [0.25, 0.3) is 0 Å². The van der Waals surface area contributed by atoms with Crippen molar-refractivity contribution in [3.8, 4) is 0 Å². The molecule has 4 rings (SSSR count). The number of hydroxylamine groups is 2. The highest BCUT2D eigenvalue weighted by Crippen LogP contribution is 2.24. The second kappa shape index (κ2) is 6.76. The van der Waals surface area contributed by atoms with Gasteiger partial charge in [0.15, 0.2) is 0 Å². The number of nitrogens with one attached hydrogen (secondary N) is 1. The van der Waals surface area contributed by atoms with Gasteiger partial charge in [-0.05, 0) is 25.0 Å². The number of benzene rings is 1. The van der Waals surface area contributed by atoms with Crippen molar-refractivity contribution >= 4 is 17.8 Å². The third-order valence-corrected chi connectivity index (χ3v) is 4.58. The van der Waals surface area contributed by atoms with Crippen LogP contribution in [0.1, 0.15) is 55.7 Å². The van der Waals surface area contributed by atoms with Gasteiger partial charge in [0, 0.05) is 25.3 Å². The monoisotopic (exact) mass is 369 g/mol. The fourth-order valence-electron chi connectivity index (χ4n) is 3.11. The van der Waals surface area contributed by atoms with Gasteiger partial charge < -0.3 is 14.6 Å². The molecular weight excluding hydrogens is 354 g/mol. The number of nitrogens with zero attached hydrogens (tertiary/aromatic N) is 2. The summed E-state index contributed by atoms with van der Waals surface area (Å²) in [6.45, 7) is 1.16. The second-order valence-corrected chi connectivity index (χ2v) is 6.23. The molecule has 9 nitrogen and oxygen atoms in total. The Kier molecular flexibility index (Phi) is 4.28. The first kappa shape index (κ1) is 17.1. The second-order valence-electron chi connectivity index (χ2n) is 6.23. The Bertz CT molecular complexity index is 958. The van der Waals surface area contributed by atoms with E-state index in [-0.39, 0.29) is 22.6 Å². The van der Waals surface area contributed by atoms with E-state index in [1.165, 1.54) is 12.1 Å². The van der Waals surface area contributed by atoms with E-state index >= 15 is 0 Å². The minimum absolute atomic E-state index is 0.0488. The molecule has 0 atom stereocenters. The standard InChI is InChI=1S/C18H15N3O6/c22-15-13(9-19-14(20-15)10-5-7-26-8-6-10)18(25)27-21-16(23)11-3-1-2-4-12(11)17(21)24/h1-4,9-10H,5-8H2,(H,19,20,22). The molecule has 2 aromatic rings. The Morgan fingerprint density at radius 2 is 1.74 bits per heavy atom. The van der Waals surface area contributed by atoms with Gasteiger partial charge >= 0.3 is 5.97 Å². The van der Waals surface area contributed by atoms with Crippen molar-refractivity contribution in [2.75, 3.05) is 13.2 Å². The summed E-state index contributed by atoms with van der Waals surface area (Å²) in [6, 6.07) is 6.11. The summed E-state index contributed by atoms with van der Waals surface area (Å²) in [5.74, 6) is -2.12. The maximum absolute atomic E-state index is 12.3. The van der Waals surface area contributed by atoms with E-state index in [1.54, 1.807) is 12.1 Å². The van der Waals surface area contributed by atoms with Gasteiger partial charge in [-0.1, -0.05) is 17.2 Å². The zero-order valence-electron chi connectivity index (χ0n) is 14.1. The molecular formula is C18H15N3O6. The Labute approximate surface area is 152 Å². The SMILES string of the molecule is O=C(ON1C(=O)c2ccccc2C1=O)c1cnc(C2CCOCC2)[nH]c1=O. The molecule has 0 bridgehead atoms. The van der Waals surface area contributed by atoms with Crippen molar-refractivity contribution < 1.29 is 24.0 Å². The number of H-pyrrole nitrogens is 1. The van der Waals surface area contributed by atoms with Gasteiger partial charge in [-0.3, -0.25) is 14.4 Å². The maximum atomic E-state index is 12.3. The minimum Gasteiger partial charge on any atom is -0.381 e. The van der Waals surface area contributed by atoms with E-state index < -0.39 is 23.3 Å². The van der Waals surface area contributed by atoms with Crippen LogP contribution in [0.3, 0.4) is 0 Å². The molecule has 1 fully saturated rings. The van der Waals surface area contributed by atoms with Crippen LogP contribution in [0.2, 0.25) is 0 Å². The van der Waals surface area contributed by atoms with Gasteiger partial charge in [0.1, 0.15) is 11.4 Å². The van der Waals surface area contributed by atoms with E-state index in [0.29, 0.717) is 24.1 Å². The van der Waals surface area contributed by atoms with E-state index in [1.807, 2.05) is 0 Å². The molecule has 1 N–H and O–H groups in total. The summed E-state index contributed by atoms with van der Waals surface area (Å²) in [5, 5.41) is 0.360. The number of aromatic nitrogens is 2. The Balaban J connectivity index is 1.53. The van der Waals surface area contributed by atoms with Crippen LogP contribution in [0.4, 0.5) is 0 Å². The molecule has 1 saturated heterocycles. The van der Waals surface area contributed by atoms with Gasteiger partial charge in [0.2, 0.25) is 0 Å². The van der Waals surface area contributed by atoms with Crippen LogP contribution < -0.4 is 5.56 Å². The third-order valence-electron chi connectivity index (χ3n) is 4.58. The largest absolute Gasteiger partial charge is 0.381 e. The van der Waals surface area contributed by atoms with Crippen molar-refractivity contribution in [3.63, 3.8) is 0 Å². The number of aromatic amines is 1. The fraction of sp³-hybridized carbons (Fsp3) is 0.278. The highest BCUT2D eigenvalue weighted by molar-refractivity contribution is 6.21. The predicted molar refractivity (Wildman–Crippen MR) is 90.0 cm³/mol. The molecule has 0 saturated carbocycles. The van der Waals surface area contributed by atoms with Crippen molar-refractivity contribution in [3.05, 3.63) is 63.3 Å². The van der Waals surface area contributed by atoms with Crippen molar-refractivity contribution in [1.82, 2.24) is 15.0 Å². The molecule has 2 aliphatic rings. The minimum atomic E-state index is -1.13. The molecule has 3 heterocycles. The molecule has 1 aromatic heterocycles. The average Bonchev–Trinajstić information content (AvgIpc) is 2.93. The number of hydrogen-bond acceptors (Lipinski definition) is 7. The fourth-order valence-corrected chi connectivity index (χ4v) is 3.11. The summed E-state index contributed by atoms with van der Waals surface area (Å²) in [5.41, 5.74) is -0.801. The molecule has 0 radical (unpaired) electrons. The highest BCUT2D eigenvalue weighted by Gasteiger charge is 2.39. The number of carbonyl (C=O) groups is 3. The zero-order valence-corrected chi connectivity index (χ0v) is 14.1. The van der Waals surface area contributed by atoms with E-state index in [9.17, 15) is 19.2 Å². The lowest BCUT2D eigenvalue weighted by Gasteiger charge is -2.21. The molecule has 2 amide bonds.